The third kappa shape index (κ3) is 4.56. The van der Waals surface area contributed by atoms with Gasteiger partial charge in [0.2, 0.25) is 5.91 Å². The molecule has 4 aromatic rings. The molecule has 2 aromatic carbocycles. The molecule has 36 heavy (non-hydrogen) atoms. The number of amides is 2. The summed E-state index contributed by atoms with van der Waals surface area (Å²) in [4.78, 5) is 30.0. The van der Waals surface area contributed by atoms with Crippen LogP contribution in [0.2, 0.25) is 0 Å². The van der Waals surface area contributed by atoms with Crippen LogP contribution in [0.1, 0.15) is 41.0 Å². The molecule has 0 saturated carbocycles. The van der Waals surface area contributed by atoms with Crippen molar-refractivity contribution in [3.8, 4) is 10.6 Å². The summed E-state index contributed by atoms with van der Waals surface area (Å²) in [5, 5.41) is 9.59. The second-order valence-corrected chi connectivity index (χ2v) is 10.1. The van der Waals surface area contributed by atoms with Crippen LogP contribution in [0.3, 0.4) is 0 Å². The maximum atomic E-state index is 13.8. The molecule has 8 heteroatoms. The first-order chi connectivity index (χ1) is 17.4. The van der Waals surface area contributed by atoms with Gasteiger partial charge in [0.05, 0.1) is 11.4 Å². The standard InChI is InChI=1S/C28H27FN4O2S/c1-3-19-6-8-21(9-7-19)17-32-26(34)24-15-23(25-5-4-14-36-25)31-33(24)18-28(32,2)27(35)30-16-20-10-12-22(29)13-11-20/h4-15H,3,16-18H2,1-2H3,(H,30,35)/t28-/m0/s1. The van der Waals surface area contributed by atoms with E-state index in [0.717, 1.165) is 28.1 Å². The number of nitrogens with zero attached hydrogens (tertiary/aromatic N) is 3. The lowest BCUT2D eigenvalue weighted by Gasteiger charge is -2.43. The van der Waals surface area contributed by atoms with E-state index in [4.69, 9.17) is 0 Å². The Labute approximate surface area is 213 Å². The van der Waals surface area contributed by atoms with E-state index < -0.39 is 5.54 Å². The van der Waals surface area contributed by atoms with Gasteiger partial charge in [0.25, 0.3) is 5.91 Å². The largest absolute Gasteiger partial charge is 0.350 e. The van der Waals surface area contributed by atoms with Crippen molar-refractivity contribution in [2.75, 3.05) is 0 Å². The predicted molar refractivity (Wildman–Crippen MR) is 138 cm³/mol. The molecule has 0 spiro atoms. The van der Waals surface area contributed by atoms with Gasteiger partial charge in [-0.3, -0.25) is 14.3 Å². The van der Waals surface area contributed by atoms with E-state index >= 15 is 0 Å². The van der Waals surface area contributed by atoms with Gasteiger partial charge >= 0.3 is 0 Å². The minimum Gasteiger partial charge on any atom is -0.350 e. The molecule has 1 aliphatic rings. The second-order valence-electron chi connectivity index (χ2n) is 9.19. The number of fused-ring (bicyclic) bond motifs is 1. The van der Waals surface area contributed by atoms with Gasteiger partial charge in [0, 0.05) is 13.1 Å². The first kappa shape index (κ1) is 23.9. The summed E-state index contributed by atoms with van der Waals surface area (Å²) in [6.45, 7) is 4.62. The molecular weight excluding hydrogens is 475 g/mol. The molecule has 184 valence electrons. The van der Waals surface area contributed by atoms with Crippen molar-refractivity contribution in [1.29, 1.82) is 0 Å². The smallest absolute Gasteiger partial charge is 0.273 e. The van der Waals surface area contributed by atoms with Crippen molar-refractivity contribution in [1.82, 2.24) is 20.0 Å². The average molecular weight is 503 g/mol. The molecule has 1 aliphatic heterocycles. The Morgan fingerprint density at radius 2 is 1.78 bits per heavy atom. The van der Waals surface area contributed by atoms with E-state index in [2.05, 4.69) is 29.5 Å². The van der Waals surface area contributed by atoms with Crippen molar-refractivity contribution < 1.29 is 14.0 Å². The topological polar surface area (TPSA) is 67.2 Å². The average Bonchev–Trinajstić information content (AvgIpc) is 3.57. The highest BCUT2D eigenvalue weighted by Gasteiger charge is 2.48. The van der Waals surface area contributed by atoms with E-state index in [9.17, 15) is 14.0 Å². The molecular formula is C28H27FN4O2S. The Kier molecular flexibility index (Phi) is 6.45. The van der Waals surface area contributed by atoms with Gasteiger partial charge in [-0.25, -0.2) is 4.39 Å². The number of nitrogens with one attached hydrogen (secondary N) is 1. The minimum atomic E-state index is -1.17. The molecule has 6 nitrogen and oxygen atoms in total. The lowest BCUT2D eigenvalue weighted by atomic mass is 9.93. The van der Waals surface area contributed by atoms with Gasteiger partial charge in [0.1, 0.15) is 22.7 Å². The van der Waals surface area contributed by atoms with Crippen LogP contribution in [0.5, 0.6) is 0 Å². The third-order valence-corrected chi connectivity index (χ3v) is 7.59. The molecule has 5 rings (SSSR count). The molecule has 1 atom stereocenters. The van der Waals surface area contributed by atoms with Crippen molar-refractivity contribution in [3.05, 3.63) is 100 Å². The van der Waals surface area contributed by atoms with Crippen LogP contribution in [0, 0.1) is 5.82 Å². The molecule has 3 heterocycles. The minimum absolute atomic E-state index is 0.224. The van der Waals surface area contributed by atoms with E-state index in [1.807, 2.05) is 29.6 Å². The number of aromatic nitrogens is 2. The Balaban J connectivity index is 1.47. The van der Waals surface area contributed by atoms with E-state index in [1.165, 1.54) is 17.7 Å². The molecule has 0 saturated heterocycles. The lowest BCUT2D eigenvalue weighted by Crippen LogP contribution is -2.63. The molecule has 0 radical (unpaired) electrons. The van der Waals surface area contributed by atoms with E-state index in [0.29, 0.717) is 12.2 Å². The predicted octanol–water partition coefficient (Wildman–Crippen LogP) is 5.04. The summed E-state index contributed by atoms with van der Waals surface area (Å²) < 4.78 is 14.9. The van der Waals surface area contributed by atoms with Crippen molar-refractivity contribution in [2.24, 2.45) is 0 Å². The number of halogens is 1. The summed E-state index contributed by atoms with van der Waals surface area (Å²) in [5.74, 6) is -0.859. The zero-order valence-corrected chi connectivity index (χ0v) is 21.0. The Morgan fingerprint density at radius 3 is 2.44 bits per heavy atom. The third-order valence-electron chi connectivity index (χ3n) is 6.70. The molecule has 0 unspecified atom stereocenters. The quantitative estimate of drug-likeness (QED) is 0.385. The summed E-state index contributed by atoms with van der Waals surface area (Å²) in [6, 6.07) is 19.8. The highest BCUT2D eigenvalue weighted by molar-refractivity contribution is 7.13. The fraction of sp³-hybridized carbons (Fsp3) is 0.250. The van der Waals surface area contributed by atoms with Crippen LogP contribution in [0.4, 0.5) is 4.39 Å². The summed E-state index contributed by atoms with van der Waals surface area (Å²) in [6.07, 6.45) is 0.928. The zero-order chi connectivity index (χ0) is 25.3. The van der Waals surface area contributed by atoms with Crippen LogP contribution >= 0.6 is 11.3 Å². The van der Waals surface area contributed by atoms with Crippen LogP contribution in [0.25, 0.3) is 10.6 Å². The normalized spacial score (nSPS) is 17.2. The second kappa shape index (κ2) is 9.70. The van der Waals surface area contributed by atoms with Crippen LogP contribution in [-0.4, -0.2) is 32.0 Å². The van der Waals surface area contributed by atoms with E-state index in [-0.39, 0.29) is 30.7 Å². The zero-order valence-electron chi connectivity index (χ0n) is 20.2. The summed E-state index contributed by atoms with van der Waals surface area (Å²) in [5.41, 5.74) is 2.94. The lowest BCUT2D eigenvalue weighted by molar-refractivity contribution is -0.133. The molecule has 0 fully saturated rings. The molecule has 1 N–H and O–H groups in total. The highest BCUT2D eigenvalue weighted by atomic mass is 32.1. The molecule has 0 aliphatic carbocycles. The molecule has 2 aromatic heterocycles. The Hall–Kier alpha value is -3.78. The maximum absolute atomic E-state index is 13.8. The number of thiophene rings is 1. The van der Waals surface area contributed by atoms with Gasteiger partial charge in [-0.2, -0.15) is 5.10 Å². The number of carbonyl (C=O) groups excluding carboxylic acids is 2. The first-order valence-electron chi connectivity index (χ1n) is 11.9. The van der Waals surface area contributed by atoms with E-state index in [1.54, 1.807) is 46.0 Å². The van der Waals surface area contributed by atoms with Crippen molar-refractivity contribution in [2.45, 2.75) is 45.4 Å². The fourth-order valence-corrected chi connectivity index (χ4v) is 5.15. The van der Waals surface area contributed by atoms with Gasteiger partial charge in [0.15, 0.2) is 0 Å². The van der Waals surface area contributed by atoms with Gasteiger partial charge in [-0.1, -0.05) is 49.4 Å². The number of hydrogen-bond acceptors (Lipinski definition) is 4. The SMILES string of the molecule is CCc1ccc(CN2C(=O)c3cc(-c4cccs4)nn3C[C@@]2(C)C(=O)NCc2ccc(F)cc2)cc1. The first-order valence-corrected chi connectivity index (χ1v) is 12.8. The van der Waals surface area contributed by atoms with Crippen LogP contribution in [0.15, 0.2) is 72.1 Å². The van der Waals surface area contributed by atoms with Gasteiger partial charge in [-0.05, 0) is 59.7 Å². The van der Waals surface area contributed by atoms with Crippen LogP contribution in [-0.2, 0) is 30.8 Å². The number of aryl methyl sites for hydroxylation is 1. The van der Waals surface area contributed by atoms with Gasteiger partial charge in [-0.15, -0.1) is 11.3 Å². The monoisotopic (exact) mass is 502 g/mol. The molecule has 0 bridgehead atoms. The number of carbonyl (C=O) groups is 2. The number of benzene rings is 2. The summed E-state index contributed by atoms with van der Waals surface area (Å²) in [7, 11) is 0. The van der Waals surface area contributed by atoms with Crippen LogP contribution < -0.4 is 5.32 Å². The number of rotatable bonds is 7. The fourth-order valence-electron chi connectivity index (χ4n) is 4.47. The van der Waals surface area contributed by atoms with Gasteiger partial charge < -0.3 is 10.2 Å². The number of hydrogen-bond donors (Lipinski definition) is 1. The van der Waals surface area contributed by atoms with Crippen molar-refractivity contribution >= 4 is 23.2 Å². The maximum Gasteiger partial charge on any atom is 0.273 e. The Bertz CT molecular complexity index is 1380. The van der Waals surface area contributed by atoms with Crippen molar-refractivity contribution in [3.63, 3.8) is 0 Å². The Morgan fingerprint density at radius 1 is 1.08 bits per heavy atom. The highest BCUT2D eigenvalue weighted by Crippen LogP contribution is 2.32. The molecule has 2 amide bonds. The summed E-state index contributed by atoms with van der Waals surface area (Å²) >= 11 is 1.55.